The number of hydrogen-bond donors (Lipinski definition) is 1. The normalized spacial score (nSPS) is 41.7. The van der Waals surface area contributed by atoms with E-state index in [0.717, 1.165) is 71.2 Å². The SMILES string of the molecule is COC1CCCC(O)(C2CCOC3(CCOCC3)C2)C1. The van der Waals surface area contributed by atoms with E-state index in [1.807, 2.05) is 0 Å². The molecule has 0 radical (unpaired) electrons. The Labute approximate surface area is 121 Å². The fourth-order valence-electron chi connectivity index (χ4n) is 4.38. The molecule has 20 heavy (non-hydrogen) atoms. The lowest BCUT2D eigenvalue weighted by atomic mass is 9.67. The van der Waals surface area contributed by atoms with Gasteiger partial charge in [0.2, 0.25) is 0 Å². The van der Waals surface area contributed by atoms with Crippen molar-refractivity contribution in [3.05, 3.63) is 0 Å². The van der Waals surface area contributed by atoms with Crippen LogP contribution in [-0.4, -0.2) is 49.3 Å². The Morgan fingerprint density at radius 2 is 1.85 bits per heavy atom. The zero-order valence-electron chi connectivity index (χ0n) is 12.6. The Morgan fingerprint density at radius 1 is 1.05 bits per heavy atom. The van der Waals surface area contributed by atoms with Crippen molar-refractivity contribution in [2.45, 2.75) is 68.7 Å². The Kier molecular flexibility index (Phi) is 4.37. The van der Waals surface area contributed by atoms with Gasteiger partial charge < -0.3 is 19.3 Å². The molecule has 0 aromatic rings. The molecule has 3 fully saturated rings. The summed E-state index contributed by atoms with van der Waals surface area (Å²) in [4.78, 5) is 0. The topological polar surface area (TPSA) is 47.9 Å². The van der Waals surface area contributed by atoms with Gasteiger partial charge in [-0.2, -0.15) is 0 Å². The van der Waals surface area contributed by atoms with E-state index in [0.29, 0.717) is 5.92 Å². The van der Waals surface area contributed by atoms with Crippen LogP contribution in [0.3, 0.4) is 0 Å². The fraction of sp³-hybridized carbons (Fsp3) is 1.00. The third kappa shape index (κ3) is 2.89. The first-order valence-electron chi connectivity index (χ1n) is 8.13. The van der Waals surface area contributed by atoms with Crippen molar-refractivity contribution < 1.29 is 19.3 Å². The van der Waals surface area contributed by atoms with Crippen molar-refractivity contribution in [1.29, 1.82) is 0 Å². The number of ether oxygens (including phenoxy) is 3. The number of aliphatic hydroxyl groups is 1. The molecule has 3 atom stereocenters. The third-order valence-electron chi connectivity index (χ3n) is 5.71. The molecule has 116 valence electrons. The highest BCUT2D eigenvalue weighted by Gasteiger charge is 2.48. The molecular weight excluding hydrogens is 256 g/mol. The van der Waals surface area contributed by atoms with E-state index in [9.17, 15) is 5.11 Å². The Hall–Kier alpha value is -0.160. The third-order valence-corrected chi connectivity index (χ3v) is 5.71. The zero-order chi connectivity index (χ0) is 14.1. The van der Waals surface area contributed by atoms with E-state index < -0.39 is 5.60 Å². The minimum atomic E-state index is -0.548. The van der Waals surface area contributed by atoms with Gasteiger partial charge in [0.1, 0.15) is 0 Å². The van der Waals surface area contributed by atoms with Gasteiger partial charge in [-0.15, -0.1) is 0 Å². The summed E-state index contributed by atoms with van der Waals surface area (Å²) in [6.07, 6.45) is 8.02. The summed E-state index contributed by atoms with van der Waals surface area (Å²) in [6.45, 7) is 2.38. The summed E-state index contributed by atoms with van der Waals surface area (Å²) in [6, 6.07) is 0. The maximum Gasteiger partial charge on any atom is 0.0730 e. The fourth-order valence-corrected chi connectivity index (χ4v) is 4.38. The monoisotopic (exact) mass is 284 g/mol. The number of rotatable bonds is 2. The molecule has 3 unspecified atom stereocenters. The van der Waals surface area contributed by atoms with Crippen LogP contribution in [0.15, 0.2) is 0 Å². The van der Waals surface area contributed by atoms with Gasteiger partial charge in [0.05, 0.1) is 17.3 Å². The predicted octanol–water partition coefficient (Wildman–Crippen LogP) is 2.28. The van der Waals surface area contributed by atoms with Gasteiger partial charge in [-0.25, -0.2) is 0 Å². The largest absolute Gasteiger partial charge is 0.389 e. The maximum atomic E-state index is 11.1. The van der Waals surface area contributed by atoms with E-state index in [1.165, 1.54) is 0 Å². The van der Waals surface area contributed by atoms with Crippen LogP contribution >= 0.6 is 0 Å². The van der Waals surface area contributed by atoms with E-state index in [1.54, 1.807) is 7.11 Å². The van der Waals surface area contributed by atoms with Gasteiger partial charge in [0, 0.05) is 33.4 Å². The van der Waals surface area contributed by atoms with E-state index in [-0.39, 0.29) is 11.7 Å². The highest BCUT2D eigenvalue weighted by atomic mass is 16.5. The Morgan fingerprint density at radius 3 is 2.60 bits per heavy atom. The summed E-state index contributed by atoms with van der Waals surface area (Å²) in [5, 5.41) is 11.1. The van der Waals surface area contributed by atoms with Crippen LogP contribution < -0.4 is 0 Å². The van der Waals surface area contributed by atoms with Crippen LogP contribution in [0.5, 0.6) is 0 Å². The first-order valence-corrected chi connectivity index (χ1v) is 8.13. The minimum Gasteiger partial charge on any atom is -0.389 e. The van der Waals surface area contributed by atoms with Gasteiger partial charge in [-0.05, 0) is 50.9 Å². The second-order valence-electron chi connectivity index (χ2n) is 6.89. The molecule has 1 aliphatic carbocycles. The lowest BCUT2D eigenvalue weighted by Gasteiger charge is -2.50. The van der Waals surface area contributed by atoms with Crippen LogP contribution in [0.25, 0.3) is 0 Å². The van der Waals surface area contributed by atoms with Crippen LogP contribution in [0, 0.1) is 5.92 Å². The summed E-state index contributed by atoms with van der Waals surface area (Å²) < 4.78 is 17.1. The molecule has 0 aromatic heterocycles. The smallest absolute Gasteiger partial charge is 0.0730 e. The van der Waals surface area contributed by atoms with Crippen molar-refractivity contribution in [3.63, 3.8) is 0 Å². The molecule has 2 saturated heterocycles. The standard InChI is InChI=1S/C16H28O4/c1-18-14-3-2-5-16(17,12-14)13-4-8-20-15(11-13)6-9-19-10-7-15/h13-14,17H,2-12H2,1H3. The molecule has 1 spiro atoms. The second-order valence-corrected chi connectivity index (χ2v) is 6.89. The van der Waals surface area contributed by atoms with E-state index in [2.05, 4.69) is 0 Å². The van der Waals surface area contributed by atoms with Gasteiger partial charge in [0.25, 0.3) is 0 Å². The molecule has 0 amide bonds. The summed E-state index contributed by atoms with van der Waals surface area (Å²) in [7, 11) is 1.76. The molecule has 3 aliphatic rings. The van der Waals surface area contributed by atoms with Gasteiger partial charge in [-0.1, -0.05) is 0 Å². The van der Waals surface area contributed by atoms with Gasteiger partial charge in [-0.3, -0.25) is 0 Å². The molecular formula is C16H28O4. The number of methoxy groups -OCH3 is 1. The molecule has 1 saturated carbocycles. The van der Waals surface area contributed by atoms with Crippen molar-refractivity contribution in [2.75, 3.05) is 26.9 Å². The lowest BCUT2D eigenvalue weighted by Crippen LogP contribution is -2.52. The van der Waals surface area contributed by atoms with Crippen LogP contribution in [0.4, 0.5) is 0 Å². The second kappa shape index (κ2) is 5.91. The van der Waals surface area contributed by atoms with Crippen molar-refractivity contribution >= 4 is 0 Å². The maximum absolute atomic E-state index is 11.1. The Bertz CT molecular complexity index is 321. The van der Waals surface area contributed by atoms with Crippen LogP contribution in [-0.2, 0) is 14.2 Å². The van der Waals surface area contributed by atoms with E-state index in [4.69, 9.17) is 14.2 Å². The van der Waals surface area contributed by atoms with E-state index >= 15 is 0 Å². The molecule has 0 bridgehead atoms. The quantitative estimate of drug-likeness (QED) is 0.845. The highest BCUT2D eigenvalue weighted by Crippen LogP contribution is 2.46. The summed E-state index contributed by atoms with van der Waals surface area (Å²) in [5.41, 5.74) is -0.578. The molecule has 0 aromatic carbocycles. The van der Waals surface area contributed by atoms with Crippen molar-refractivity contribution in [1.82, 2.24) is 0 Å². The highest BCUT2D eigenvalue weighted by molar-refractivity contribution is 4.99. The molecule has 4 nitrogen and oxygen atoms in total. The summed E-state index contributed by atoms with van der Waals surface area (Å²) >= 11 is 0. The lowest BCUT2D eigenvalue weighted by molar-refractivity contribution is -0.187. The molecule has 3 rings (SSSR count). The molecule has 4 heteroatoms. The van der Waals surface area contributed by atoms with Crippen molar-refractivity contribution in [3.8, 4) is 0 Å². The predicted molar refractivity (Wildman–Crippen MR) is 75.7 cm³/mol. The summed E-state index contributed by atoms with van der Waals surface area (Å²) in [5.74, 6) is 0.354. The Balaban J connectivity index is 1.69. The molecule has 1 N–H and O–H groups in total. The average Bonchev–Trinajstić information content (AvgIpc) is 2.48. The molecule has 2 heterocycles. The van der Waals surface area contributed by atoms with Crippen LogP contribution in [0.2, 0.25) is 0 Å². The molecule has 2 aliphatic heterocycles. The first-order chi connectivity index (χ1) is 9.66. The first kappa shape index (κ1) is 14.8. The number of hydrogen-bond acceptors (Lipinski definition) is 4. The minimum absolute atomic E-state index is 0.0308. The van der Waals surface area contributed by atoms with Crippen molar-refractivity contribution in [2.24, 2.45) is 5.92 Å². The van der Waals surface area contributed by atoms with Crippen LogP contribution in [0.1, 0.15) is 51.4 Å². The van der Waals surface area contributed by atoms with Gasteiger partial charge in [0.15, 0.2) is 0 Å². The van der Waals surface area contributed by atoms with Gasteiger partial charge >= 0.3 is 0 Å². The zero-order valence-corrected chi connectivity index (χ0v) is 12.6. The average molecular weight is 284 g/mol.